The summed E-state index contributed by atoms with van der Waals surface area (Å²) in [4.78, 5) is 75.3. The lowest BCUT2D eigenvalue weighted by atomic mass is 10.1. The third-order valence-electron chi connectivity index (χ3n) is 18.4. The van der Waals surface area contributed by atoms with E-state index >= 15 is 0 Å². The smallest absolute Gasteiger partial charge is 0.354 e. The Kier molecular flexibility index (Phi) is 53.5. The van der Waals surface area contributed by atoms with Crippen molar-refractivity contribution in [2.75, 3.05) is 88.3 Å². The number of nitrogens with two attached hydrogens (primary N) is 6. The Balaban J connectivity index is 0.000000541. The van der Waals surface area contributed by atoms with Crippen LogP contribution in [-0.4, -0.2) is 190 Å². The second-order valence-electron chi connectivity index (χ2n) is 28.4. The topological polar surface area (TPSA) is 621 Å². The molecule has 1 aromatic carbocycles. The summed E-state index contributed by atoms with van der Waals surface area (Å²) in [6, 6.07) is 22.9. The zero-order chi connectivity index (χ0) is 89.9. The van der Waals surface area contributed by atoms with E-state index in [1.54, 1.807) is 33.6 Å². The average molecular weight is 1890 g/mol. The van der Waals surface area contributed by atoms with Gasteiger partial charge in [0.2, 0.25) is 29.7 Å². The molecule has 0 radical (unpaired) electrons. The van der Waals surface area contributed by atoms with Gasteiger partial charge in [0, 0.05) is 37.1 Å². The molecule has 1 amide bonds. The molecule has 0 saturated heterocycles. The van der Waals surface area contributed by atoms with Crippen LogP contribution >= 0.6 is 67.5 Å². The number of carboxylic acids is 1. The quantitative estimate of drug-likeness (QED) is 0.0170. The van der Waals surface area contributed by atoms with Crippen LogP contribution < -0.4 is 84.7 Å². The Hall–Kier alpha value is -11.8. The van der Waals surface area contributed by atoms with E-state index in [1.165, 1.54) is 43.1 Å². The number of carbonyl (C=O) groups is 2. The van der Waals surface area contributed by atoms with Crippen LogP contribution in [0.5, 0.6) is 28.7 Å². The van der Waals surface area contributed by atoms with Crippen LogP contribution in [0.15, 0.2) is 116 Å². The first-order chi connectivity index (χ1) is 59.8. The zero-order valence-electron chi connectivity index (χ0n) is 74.0. The van der Waals surface area contributed by atoms with Crippen molar-refractivity contribution in [3.63, 3.8) is 0 Å². The highest BCUT2D eigenvalue weighted by Crippen LogP contribution is 2.30. The van der Waals surface area contributed by atoms with Gasteiger partial charge in [-0.15, -0.1) is 0 Å². The SMILES string of the molecule is CCCC[C@@H](CO)Nc1nc(N)ncc1OCc1cc(C)n(C)n1.CCCC[C@@H](CO)Nc1nc(N)ncc1OCc1cccc(C(=O)O)n1.CCC[C@@H](CO)Nc1nc(N)ncc1OCc1cc(C)n(C)n1.CCC[C@@H](CO)Nc1nc(N)ncc1OCc1cc2ccccc2cn1.CCC[C@@H](CO)Nc1nc(N)ncc1OCc1cccc(C(N)=O)n1.S.S.S.S.S. The number of carbonyl (C=O) groups excluding carboxylic acids is 1. The van der Waals surface area contributed by atoms with E-state index in [4.69, 9.17) is 63.2 Å². The lowest BCUT2D eigenvalue weighted by Gasteiger charge is -2.19. The van der Waals surface area contributed by atoms with Crippen molar-refractivity contribution in [2.45, 2.75) is 189 Å². The van der Waals surface area contributed by atoms with Crippen molar-refractivity contribution in [2.24, 2.45) is 19.8 Å². The maximum absolute atomic E-state index is 11.2. The number of nitrogens with one attached hydrogen (secondary N) is 5. The van der Waals surface area contributed by atoms with Crippen LogP contribution in [0.3, 0.4) is 0 Å². The molecule has 5 atom stereocenters. The van der Waals surface area contributed by atoms with E-state index < -0.39 is 11.9 Å². The highest BCUT2D eigenvalue weighted by Gasteiger charge is 2.21. The molecule has 11 aromatic rings. The molecule has 11 rings (SSSR count). The number of primary amides is 1. The second-order valence-corrected chi connectivity index (χ2v) is 28.4. The molecule has 0 aliphatic heterocycles. The second kappa shape index (κ2) is 60.9. The number of anilines is 10. The number of benzene rings is 1. The predicted octanol–water partition coefficient (Wildman–Crippen LogP) is 8.62. The van der Waals surface area contributed by atoms with E-state index in [9.17, 15) is 35.1 Å². The fourth-order valence-electron chi connectivity index (χ4n) is 11.7. The van der Waals surface area contributed by atoms with Crippen molar-refractivity contribution in [1.29, 1.82) is 0 Å². The summed E-state index contributed by atoms with van der Waals surface area (Å²) in [5.74, 6) is 3.31. The number of pyridine rings is 3. The fourth-order valence-corrected chi connectivity index (χ4v) is 11.7. The Bertz CT molecular complexity index is 5060. The lowest BCUT2D eigenvalue weighted by Crippen LogP contribution is -2.25. The molecular weight excluding hydrogens is 1760 g/mol. The third kappa shape index (κ3) is 39.0. The number of ether oxygens (including phenoxy) is 5. The van der Waals surface area contributed by atoms with Gasteiger partial charge in [0.05, 0.1) is 111 Å². The maximum Gasteiger partial charge on any atom is 0.354 e. The van der Waals surface area contributed by atoms with Crippen LogP contribution in [-0.2, 0) is 47.1 Å². The van der Waals surface area contributed by atoms with E-state index in [0.717, 1.165) is 116 Å². The Morgan fingerprint density at radius 3 is 0.946 bits per heavy atom. The molecule has 0 aliphatic rings. The molecular formula is C83H128N28O13S5. The first kappa shape index (κ1) is 113. The molecule has 708 valence electrons. The van der Waals surface area contributed by atoms with Gasteiger partial charge in [-0.05, 0) is 93.8 Å². The van der Waals surface area contributed by atoms with E-state index in [2.05, 4.69) is 129 Å². The highest BCUT2D eigenvalue weighted by atomic mass is 32.1. The first-order valence-electron chi connectivity index (χ1n) is 40.7. The van der Waals surface area contributed by atoms with Crippen molar-refractivity contribution < 1.29 is 63.9 Å². The molecule has 46 heteroatoms. The minimum Gasteiger partial charge on any atom is -0.482 e. The van der Waals surface area contributed by atoms with E-state index in [-0.39, 0.29) is 192 Å². The molecule has 0 bridgehead atoms. The van der Waals surface area contributed by atoms with Gasteiger partial charge < -0.3 is 115 Å². The predicted molar refractivity (Wildman–Crippen MR) is 524 cm³/mol. The summed E-state index contributed by atoms with van der Waals surface area (Å²) in [5, 5.41) is 83.1. The number of amides is 1. The Morgan fingerprint density at radius 1 is 0.364 bits per heavy atom. The number of nitrogen functional groups attached to an aromatic ring is 5. The molecule has 0 fully saturated rings. The van der Waals surface area contributed by atoms with Gasteiger partial charge in [-0.3, -0.25) is 19.1 Å². The molecule has 129 heavy (non-hydrogen) atoms. The van der Waals surface area contributed by atoms with Gasteiger partial charge in [0.1, 0.15) is 55.8 Å². The number of nitrogens with zero attached hydrogens (tertiary/aromatic N) is 17. The summed E-state index contributed by atoms with van der Waals surface area (Å²) in [7, 11) is 3.77. The first-order valence-corrected chi connectivity index (χ1v) is 40.7. The van der Waals surface area contributed by atoms with Gasteiger partial charge in [0.15, 0.2) is 57.8 Å². The van der Waals surface area contributed by atoms with E-state index in [1.807, 2.05) is 83.5 Å². The van der Waals surface area contributed by atoms with E-state index in [0.29, 0.717) is 82.4 Å². The summed E-state index contributed by atoms with van der Waals surface area (Å²) >= 11 is 0. The monoisotopic (exact) mass is 1880 g/mol. The largest absolute Gasteiger partial charge is 0.482 e. The Labute approximate surface area is 785 Å². The molecule has 0 saturated carbocycles. The number of hydrogen-bond acceptors (Lipinski definition) is 37. The molecule has 0 unspecified atom stereocenters. The normalized spacial score (nSPS) is 11.5. The van der Waals surface area contributed by atoms with Gasteiger partial charge in [-0.2, -0.15) is 103 Å². The maximum atomic E-state index is 11.2. The number of aliphatic hydroxyl groups excluding tert-OH is 5. The molecule has 10 heterocycles. The Morgan fingerprint density at radius 2 is 0.659 bits per heavy atom. The zero-order valence-corrected chi connectivity index (χ0v) is 79.0. The minimum atomic E-state index is -1.10. The van der Waals surface area contributed by atoms with Gasteiger partial charge in [0.25, 0.3) is 5.91 Å². The van der Waals surface area contributed by atoms with Crippen molar-refractivity contribution in [3.05, 3.63) is 167 Å². The van der Waals surface area contributed by atoms with Crippen LogP contribution in [0.1, 0.15) is 173 Å². The average Bonchev–Trinajstić information content (AvgIpc) is 1.64. The van der Waals surface area contributed by atoms with Crippen molar-refractivity contribution >= 4 is 149 Å². The molecule has 23 N–H and O–H groups in total. The van der Waals surface area contributed by atoms with Gasteiger partial charge in [-0.25, -0.2) is 39.7 Å². The number of aryl methyl sites for hydroxylation is 4. The fraction of sp³-hybridized carbons (Fsp3) is 0.434. The van der Waals surface area contributed by atoms with Crippen LogP contribution in [0.25, 0.3) is 10.8 Å². The summed E-state index contributed by atoms with van der Waals surface area (Å²) in [5.41, 5.74) is 39.2. The number of aromatic carboxylic acids is 1. The third-order valence-corrected chi connectivity index (χ3v) is 18.4. The van der Waals surface area contributed by atoms with Crippen LogP contribution in [0.4, 0.5) is 58.8 Å². The molecule has 41 nitrogen and oxygen atoms in total. The number of aromatic nitrogens is 17. The summed E-state index contributed by atoms with van der Waals surface area (Å²) < 4.78 is 32.4. The van der Waals surface area contributed by atoms with Crippen LogP contribution in [0, 0.1) is 13.8 Å². The molecule has 10 aromatic heterocycles. The number of rotatable bonds is 44. The number of fused-ring (bicyclic) bond motifs is 1. The number of hydrogen-bond donors (Lipinski definition) is 17. The van der Waals surface area contributed by atoms with Crippen molar-refractivity contribution in [3.8, 4) is 28.7 Å². The number of aliphatic hydroxyl groups is 5. The summed E-state index contributed by atoms with van der Waals surface area (Å²) in [6.45, 7) is 15.3. The number of carboxylic acid groups (broad SMARTS) is 1. The van der Waals surface area contributed by atoms with Crippen molar-refractivity contribution in [1.82, 2.24) is 84.4 Å². The summed E-state index contributed by atoms with van der Waals surface area (Å²) in [6.07, 6.45) is 20.2. The molecule has 0 aliphatic carbocycles. The molecule has 0 spiro atoms. The van der Waals surface area contributed by atoms with Gasteiger partial charge in [-0.1, -0.05) is 116 Å². The highest BCUT2D eigenvalue weighted by molar-refractivity contribution is 7.60. The lowest BCUT2D eigenvalue weighted by molar-refractivity contribution is 0.0689. The van der Waals surface area contributed by atoms with Gasteiger partial charge >= 0.3 is 5.97 Å². The number of unbranched alkanes of at least 4 members (excludes halogenated alkanes) is 2. The standard InChI is InChI=1S/C19H23N5O2.C17H23N5O4.C16H22N6O3.C16H26N6O2.C15H24N6O2.5H2S/c1-2-5-15(11-25)23-18-17(10-22-19(20)24-18)26-12-16-8-13-6-3-4-7-14(13)9-21-16;1-2-3-5-11(9-23)21-15-14(8-19-17(18)22-15)26-10-12-6-4-7-13(20-12)16(24)25;1-2-4-10(8-23)21-15-13(7-19-16(18)22-15)25-9-11-5-3-6-12(20-11)14(17)24;1-4-5-6-12(9-23)19-15-14(8-18-16(17)20-15)24-10-13-7-11(2)22(3)21-13;1-4-5-11(8-22)18-14-13(7-17-15(16)19-14)23-9-12-6-10(2)21(3)20-12;;;;;/h3-4,6-10,15,25H,2,5,11-12H2,1H3,(H3,20,22,23,24);4,6-8,11,23H,2-3,5,9-10H2,1H3,(H,24,25)(H3,18,19,21,22);3,5-7,10,23H,2,4,8-9H2,1H3,(H2,17,24)(H3,18,19,21,22);7-8,12,23H,4-6,9-10H2,1-3H3,(H3,17,18,19,20);6-7,11,22H,4-5,8-9H2,1-3H3,(H3,16,17,18,19);5*1H2/t15-;11-;10-;12-;11-;;;;;/m00000...../s1. The minimum absolute atomic E-state index is 0. The van der Waals surface area contributed by atoms with Crippen LogP contribution in [0.2, 0.25) is 0 Å².